The van der Waals surface area contributed by atoms with Gasteiger partial charge in [0.1, 0.15) is 17.1 Å². The second-order valence-electron chi connectivity index (χ2n) is 4.34. The number of hydrogen-bond donors (Lipinski definition) is 1. The molecule has 2 aromatic rings. The molecule has 0 aliphatic carbocycles. The maximum atomic E-state index is 11.7. The van der Waals surface area contributed by atoms with E-state index in [0.717, 1.165) is 22.7 Å². The van der Waals surface area contributed by atoms with Crippen LogP contribution >= 0.6 is 12.6 Å². The summed E-state index contributed by atoms with van der Waals surface area (Å²) in [6, 6.07) is 7.41. The van der Waals surface area contributed by atoms with Gasteiger partial charge >= 0.3 is 0 Å². The van der Waals surface area contributed by atoms with Gasteiger partial charge in [0.15, 0.2) is 0 Å². The molecule has 0 fully saturated rings. The van der Waals surface area contributed by atoms with Gasteiger partial charge in [0.05, 0.1) is 7.11 Å². The molecule has 0 bridgehead atoms. The standard InChI is InChI=1S/C14H16N2O2S/c1-9-4-5-14(18-3)12(6-9)16-10(2)7-13(17)11(8-19)15-16/h4-7,19H,8H2,1-3H3. The van der Waals surface area contributed by atoms with Crippen LogP contribution in [0.2, 0.25) is 0 Å². The Morgan fingerprint density at radius 3 is 2.68 bits per heavy atom. The minimum absolute atomic E-state index is 0.0876. The quantitative estimate of drug-likeness (QED) is 0.875. The summed E-state index contributed by atoms with van der Waals surface area (Å²) in [6.07, 6.45) is 0. The lowest BCUT2D eigenvalue weighted by molar-refractivity contribution is 0.411. The van der Waals surface area contributed by atoms with Gasteiger partial charge in [-0.3, -0.25) is 4.79 Å². The summed E-state index contributed by atoms with van der Waals surface area (Å²) in [5.41, 5.74) is 3.03. The number of methoxy groups -OCH3 is 1. The molecule has 0 amide bonds. The van der Waals surface area contributed by atoms with E-state index in [1.807, 2.05) is 32.0 Å². The molecule has 1 aromatic heterocycles. The van der Waals surface area contributed by atoms with Crippen molar-refractivity contribution in [3.8, 4) is 11.4 Å². The van der Waals surface area contributed by atoms with Crippen LogP contribution in [0.4, 0.5) is 0 Å². The van der Waals surface area contributed by atoms with Crippen LogP contribution in [0.5, 0.6) is 5.75 Å². The number of benzene rings is 1. The molecule has 1 heterocycles. The van der Waals surface area contributed by atoms with Gasteiger partial charge in [0.25, 0.3) is 0 Å². The van der Waals surface area contributed by atoms with Crippen LogP contribution in [0.15, 0.2) is 29.1 Å². The summed E-state index contributed by atoms with van der Waals surface area (Å²) < 4.78 is 7.08. The molecule has 0 aliphatic rings. The maximum Gasteiger partial charge on any atom is 0.204 e. The number of nitrogens with zero attached hydrogens (tertiary/aromatic N) is 2. The van der Waals surface area contributed by atoms with Crippen molar-refractivity contribution < 1.29 is 4.74 Å². The van der Waals surface area contributed by atoms with Crippen molar-refractivity contribution in [1.29, 1.82) is 0 Å². The van der Waals surface area contributed by atoms with Crippen molar-refractivity contribution in [2.75, 3.05) is 7.11 Å². The molecule has 0 atom stereocenters. The average Bonchev–Trinajstić information content (AvgIpc) is 2.39. The highest BCUT2D eigenvalue weighted by molar-refractivity contribution is 7.79. The number of ether oxygens (including phenoxy) is 1. The number of thiol groups is 1. The van der Waals surface area contributed by atoms with E-state index in [9.17, 15) is 4.79 Å². The molecule has 1 aromatic carbocycles. The van der Waals surface area contributed by atoms with Crippen molar-refractivity contribution in [2.24, 2.45) is 0 Å². The average molecular weight is 276 g/mol. The third-order valence-corrected chi connectivity index (χ3v) is 3.19. The Hall–Kier alpha value is -1.75. The minimum atomic E-state index is -0.0876. The van der Waals surface area contributed by atoms with Crippen LogP contribution in [0.25, 0.3) is 5.69 Å². The highest BCUT2D eigenvalue weighted by Crippen LogP contribution is 2.24. The number of hydrogen-bond acceptors (Lipinski definition) is 4. The van der Waals surface area contributed by atoms with Gasteiger partial charge < -0.3 is 4.74 Å². The van der Waals surface area contributed by atoms with Crippen molar-refractivity contribution in [3.63, 3.8) is 0 Å². The molecule has 5 heteroatoms. The molecule has 4 nitrogen and oxygen atoms in total. The van der Waals surface area contributed by atoms with E-state index in [2.05, 4.69) is 17.7 Å². The predicted octanol–water partition coefficient (Wildman–Crippen LogP) is 2.29. The molecule has 0 spiro atoms. The van der Waals surface area contributed by atoms with E-state index in [-0.39, 0.29) is 5.43 Å². The number of aromatic nitrogens is 2. The smallest absolute Gasteiger partial charge is 0.204 e. The minimum Gasteiger partial charge on any atom is -0.494 e. The molecule has 0 aliphatic heterocycles. The molecule has 0 radical (unpaired) electrons. The second-order valence-corrected chi connectivity index (χ2v) is 4.66. The van der Waals surface area contributed by atoms with Gasteiger partial charge in [0.2, 0.25) is 5.43 Å². The third kappa shape index (κ3) is 2.66. The van der Waals surface area contributed by atoms with Gasteiger partial charge in [-0.1, -0.05) is 6.07 Å². The van der Waals surface area contributed by atoms with Crippen LogP contribution in [0.3, 0.4) is 0 Å². The van der Waals surface area contributed by atoms with Crippen LogP contribution in [-0.2, 0) is 5.75 Å². The summed E-state index contributed by atoms with van der Waals surface area (Å²) in [4.78, 5) is 11.7. The Labute approximate surface area is 117 Å². The normalized spacial score (nSPS) is 10.5. The van der Waals surface area contributed by atoms with Crippen LogP contribution in [0.1, 0.15) is 17.0 Å². The van der Waals surface area contributed by atoms with Gasteiger partial charge in [-0.05, 0) is 31.5 Å². The van der Waals surface area contributed by atoms with E-state index >= 15 is 0 Å². The first kappa shape index (κ1) is 13.7. The Morgan fingerprint density at radius 1 is 1.32 bits per heavy atom. The van der Waals surface area contributed by atoms with Crippen LogP contribution in [-0.4, -0.2) is 16.9 Å². The SMILES string of the molecule is COc1ccc(C)cc1-n1nc(CS)c(=O)cc1C. The number of rotatable bonds is 3. The highest BCUT2D eigenvalue weighted by Gasteiger charge is 2.11. The Kier molecular flexibility index (Phi) is 3.95. The Balaban J connectivity index is 2.71. The predicted molar refractivity (Wildman–Crippen MR) is 78.6 cm³/mol. The van der Waals surface area contributed by atoms with Crippen molar-refractivity contribution in [1.82, 2.24) is 9.78 Å². The fourth-order valence-corrected chi connectivity index (χ4v) is 2.12. The molecular weight excluding hydrogens is 260 g/mol. The first-order valence-electron chi connectivity index (χ1n) is 5.92. The first-order valence-corrected chi connectivity index (χ1v) is 6.55. The lowest BCUT2D eigenvalue weighted by atomic mass is 10.2. The van der Waals surface area contributed by atoms with E-state index in [0.29, 0.717) is 11.4 Å². The fourth-order valence-electron chi connectivity index (χ4n) is 1.90. The largest absolute Gasteiger partial charge is 0.494 e. The van der Waals surface area contributed by atoms with Gasteiger partial charge in [-0.25, -0.2) is 4.68 Å². The van der Waals surface area contributed by atoms with E-state index in [1.54, 1.807) is 17.9 Å². The monoisotopic (exact) mass is 276 g/mol. The maximum absolute atomic E-state index is 11.7. The molecule has 2 rings (SSSR count). The molecule has 0 saturated heterocycles. The zero-order valence-electron chi connectivity index (χ0n) is 11.2. The summed E-state index contributed by atoms with van der Waals surface area (Å²) in [6.45, 7) is 3.85. The Bertz CT molecular complexity index is 665. The van der Waals surface area contributed by atoms with Crippen LogP contribution < -0.4 is 10.2 Å². The molecule has 100 valence electrons. The second kappa shape index (κ2) is 5.48. The lowest BCUT2D eigenvalue weighted by Crippen LogP contribution is -2.18. The van der Waals surface area contributed by atoms with Gasteiger partial charge in [-0.15, -0.1) is 0 Å². The molecule has 0 unspecified atom stereocenters. The van der Waals surface area contributed by atoms with Gasteiger partial charge in [0, 0.05) is 17.5 Å². The summed E-state index contributed by atoms with van der Waals surface area (Å²) in [5, 5.41) is 4.36. The molecular formula is C14H16N2O2S. The summed E-state index contributed by atoms with van der Waals surface area (Å²) >= 11 is 4.14. The summed E-state index contributed by atoms with van der Waals surface area (Å²) in [7, 11) is 1.62. The van der Waals surface area contributed by atoms with Gasteiger partial charge in [-0.2, -0.15) is 17.7 Å². The van der Waals surface area contributed by atoms with E-state index in [4.69, 9.17) is 4.74 Å². The molecule has 19 heavy (non-hydrogen) atoms. The first-order chi connectivity index (χ1) is 9.06. The van der Waals surface area contributed by atoms with Crippen molar-refractivity contribution in [3.05, 3.63) is 51.4 Å². The highest BCUT2D eigenvalue weighted by atomic mass is 32.1. The zero-order chi connectivity index (χ0) is 14.0. The number of aryl methyl sites for hydroxylation is 2. The molecule has 0 saturated carbocycles. The van der Waals surface area contributed by atoms with Crippen LogP contribution in [0, 0.1) is 13.8 Å². The Morgan fingerprint density at radius 2 is 2.05 bits per heavy atom. The van der Waals surface area contributed by atoms with E-state index in [1.165, 1.54) is 0 Å². The fraction of sp³-hybridized carbons (Fsp3) is 0.286. The van der Waals surface area contributed by atoms with E-state index < -0.39 is 0 Å². The lowest BCUT2D eigenvalue weighted by Gasteiger charge is -2.14. The topological polar surface area (TPSA) is 44.1 Å². The summed E-state index contributed by atoms with van der Waals surface area (Å²) in [5.74, 6) is 1.03. The molecule has 0 N–H and O–H groups in total. The van der Waals surface area contributed by atoms with Crippen molar-refractivity contribution >= 4 is 12.6 Å². The zero-order valence-corrected chi connectivity index (χ0v) is 12.1. The van der Waals surface area contributed by atoms with Crippen molar-refractivity contribution in [2.45, 2.75) is 19.6 Å². The third-order valence-electron chi connectivity index (χ3n) is 2.89.